The highest BCUT2D eigenvalue weighted by Crippen LogP contribution is 2.25. The van der Waals surface area contributed by atoms with Crippen LogP contribution in [0.4, 0.5) is 10.1 Å². The molecular formula is C28H29ClFN3O. The molecule has 0 aliphatic heterocycles. The number of nitrogens with one attached hydrogen (secondary N) is 1. The van der Waals surface area contributed by atoms with Crippen LogP contribution in [0.25, 0.3) is 10.9 Å². The third-order valence-electron chi connectivity index (χ3n) is 5.85. The quantitative estimate of drug-likeness (QED) is 0.238. The van der Waals surface area contributed by atoms with Gasteiger partial charge in [-0.05, 0) is 61.3 Å². The van der Waals surface area contributed by atoms with Gasteiger partial charge in [-0.25, -0.2) is 4.39 Å². The summed E-state index contributed by atoms with van der Waals surface area (Å²) in [6.07, 6.45) is 3.76. The molecule has 0 saturated carbocycles. The fourth-order valence-electron chi connectivity index (χ4n) is 4.12. The number of rotatable bonds is 11. The molecule has 0 saturated heterocycles. The Bertz CT molecular complexity index is 1220. The lowest BCUT2D eigenvalue weighted by atomic mass is 10.1. The van der Waals surface area contributed by atoms with Crippen LogP contribution in [0.15, 0.2) is 79.0 Å². The number of hydrogen-bond donors (Lipinski definition) is 1. The van der Waals surface area contributed by atoms with Gasteiger partial charge in [-0.2, -0.15) is 0 Å². The summed E-state index contributed by atoms with van der Waals surface area (Å²) in [5.41, 5.74) is 3.74. The maximum atomic E-state index is 14.6. The first kappa shape index (κ1) is 24.0. The van der Waals surface area contributed by atoms with Gasteiger partial charge in [0, 0.05) is 47.5 Å². The molecule has 4 nitrogen and oxygen atoms in total. The van der Waals surface area contributed by atoms with Crippen LogP contribution in [0.5, 0.6) is 5.75 Å². The molecule has 0 aliphatic carbocycles. The van der Waals surface area contributed by atoms with Crippen LogP contribution in [0.2, 0.25) is 5.02 Å². The summed E-state index contributed by atoms with van der Waals surface area (Å²) in [7, 11) is 1.59. The Balaban J connectivity index is 1.37. The van der Waals surface area contributed by atoms with Gasteiger partial charge in [0.05, 0.1) is 12.6 Å². The average molecular weight is 478 g/mol. The van der Waals surface area contributed by atoms with Crippen molar-refractivity contribution >= 4 is 28.2 Å². The highest BCUT2D eigenvalue weighted by Gasteiger charge is 2.14. The third kappa shape index (κ3) is 6.25. The average Bonchev–Trinajstić information content (AvgIpc) is 2.85. The van der Waals surface area contributed by atoms with E-state index in [-0.39, 0.29) is 5.82 Å². The molecule has 3 aromatic carbocycles. The van der Waals surface area contributed by atoms with Gasteiger partial charge in [-0.15, -0.1) is 0 Å². The highest BCUT2D eigenvalue weighted by molar-refractivity contribution is 6.31. The first-order chi connectivity index (χ1) is 16.6. The van der Waals surface area contributed by atoms with Gasteiger partial charge in [0.25, 0.3) is 0 Å². The standard InChI is InChI=1S/C28H29ClFN3O/c1-34-28-11-7-10-25(30)24(28)20-33(19-21-8-3-2-4-9-21)17-6-5-15-31-26-14-16-32-27-18-22(29)12-13-23(26)27/h2-4,7-14,16,18H,5-6,15,17,19-20H2,1H3,(H,31,32). The third-order valence-corrected chi connectivity index (χ3v) is 6.08. The van der Waals surface area contributed by atoms with Crippen LogP contribution in [-0.2, 0) is 13.1 Å². The van der Waals surface area contributed by atoms with E-state index in [1.807, 2.05) is 48.5 Å². The Labute approximate surface area is 205 Å². The maximum absolute atomic E-state index is 14.6. The van der Waals surface area contributed by atoms with Crippen LogP contribution in [0, 0.1) is 5.82 Å². The molecule has 1 N–H and O–H groups in total. The number of ether oxygens (including phenoxy) is 1. The van der Waals surface area contributed by atoms with Crippen molar-refractivity contribution in [3.63, 3.8) is 0 Å². The van der Waals surface area contributed by atoms with Crippen molar-refractivity contribution in [3.8, 4) is 5.75 Å². The molecule has 0 radical (unpaired) electrons. The van der Waals surface area contributed by atoms with Crippen LogP contribution in [0.1, 0.15) is 24.0 Å². The summed E-state index contributed by atoms with van der Waals surface area (Å²) in [5, 5.41) is 5.27. The van der Waals surface area contributed by atoms with E-state index >= 15 is 0 Å². The number of nitrogens with zero attached hydrogens (tertiary/aromatic N) is 2. The molecule has 176 valence electrons. The van der Waals surface area contributed by atoms with Crippen molar-refractivity contribution in [2.45, 2.75) is 25.9 Å². The van der Waals surface area contributed by atoms with Crippen molar-refractivity contribution < 1.29 is 9.13 Å². The molecule has 0 bridgehead atoms. The van der Waals surface area contributed by atoms with E-state index in [1.54, 1.807) is 19.4 Å². The first-order valence-electron chi connectivity index (χ1n) is 11.5. The van der Waals surface area contributed by atoms with Crippen molar-refractivity contribution in [1.29, 1.82) is 0 Å². The van der Waals surface area contributed by atoms with Gasteiger partial charge in [0.1, 0.15) is 11.6 Å². The molecule has 34 heavy (non-hydrogen) atoms. The van der Waals surface area contributed by atoms with Crippen LogP contribution in [-0.4, -0.2) is 30.1 Å². The van der Waals surface area contributed by atoms with Crippen LogP contribution >= 0.6 is 11.6 Å². The monoisotopic (exact) mass is 477 g/mol. The van der Waals surface area contributed by atoms with Crippen LogP contribution in [0.3, 0.4) is 0 Å². The minimum atomic E-state index is -0.233. The Morgan fingerprint density at radius 2 is 1.82 bits per heavy atom. The number of anilines is 1. The van der Waals surface area contributed by atoms with E-state index in [0.717, 1.165) is 49.1 Å². The minimum absolute atomic E-state index is 0.233. The van der Waals surface area contributed by atoms with Gasteiger partial charge in [-0.1, -0.05) is 48.0 Å². The summed E-state index contributed by atoms with van der Waals surface area (Å²) >= 11 is 6.09. The van der Waals surface area contributed by atoms with Gasteiger partial charge in [-0.3, -0.25) is 9.88 Å². The van der Waals surface area contributed by atoms with Crippen molar-refractivity contribution in [2.75, 3.05) is 25.5 Å². The number of halogens is 2. The van der Waals surface area contributed by atoms with E-state index in [0.29, 0.717) is 22.9 Å². The Kier molecular flexibility index (Phi) is 8.34. The first-order valence-corrected chi connectivity index (χ1v) is 11.9. The molecule has 0 aliphatic rings. The van der Waals surface area contributed by atoms with E-state index in [1.165, 1.54) is 11.6 Å². The highest BCUT2D eigenvalue weighted by atomic mass is 35.5. The number of unbranched alkanes of at least 4 members (excludes halogenated alkanes) is 1. The zero-order valence-electron chi connectivity index (χ0n) is 19.3. The zero-order valence-corrected chi connectivity index (χ0v) is 20.1. The Morgan fingerprint density at radius 3 is 2.65 bits per heavy atom. The van der Waals surface area contributed by atoms with E-state index in [2.05, 4.69) is 27.3 Å². The molecule has 0 atom stereocenters. The van der Waals surface area contributed by atoms with E-state index < -0.39 is 0 Å². The molecule has 4 rings (SSSR count). The Hall–Kier alpha value is -3.15. The van der Waals surface area contributed by atoms with Crippen LogP contribution < -0.4 is 10.1 Å². The molecule has 6 heteroatoms. The summed E-state index contributed by atoms with van der Waals surface area (Å²) in [5.74, 6) is 0.355. The number of pyridine rings is 1. The number of benzene rings is 3. The van der Waals surface area contributed by atoms with Gasteiger partial charge in [0.2, 0.25) is 0 Å². The van der Waals surface area contributed by atoms with E-state index in [9.17, 15) is 4.39 Å². The second-order valence-electron chi connectivity index (χ2n) is 8.27. The molecule has 0 amide bonds. The molecule has 1 heterocycles. The molecule has 0 fully saturated rings. The second kappa shape index (κ2) is 11.8. The number of hydrogen-bond acceptors (Lipinski definition) is 4. The molecule has 0 spiro atoms. The number of aromatic nitrogens is 1. The molecule has 1 aromatic heterocycles. The fraction of sp³-hybridized carbons (Fsp3) is 0.250. The molecular weight excluding hydrogens is 449 g/mol. The van der Waals surface area contributed by atoms with E-state index in [4.69, 9.17) is 16.3 Å². The lowest BCUT2D eigenvalue weighted by molar-refractivity contribution is 0.244. The zero-order chi connectivity index (χ0) is 23.8. The largest absolute Gasteiger partial charge is 0.496 e. The van der Waals surface area contributed by atoms with Gasteiger partial charge < -0.3 is 10.1 Å². The minimum Gasteiger partial charge on any atom is -0.496 e. The van der Waals surface area contributed by atoms with Crippen molar-refractivity contribution in [1.82, 2.24) is 9.88 Å². The molecule has 4 aromatic rings. The summed E-state index contributed by atoms with van der Waals surface area (Å²) in [6.45, 7) is 2.93. The van der Waals surface area contributed by atoms with Gasteiger partial charge >= 0.3 is 0 Å². The smallest absolute Gasteiger partial charge is 0.131 e. The topological polar surface area (TPSA) is 37.4 Å². The lowest BCUT2D eigenvalue weighted by Gasteiger charge is -2.24. The SMILES string of the molecule is COc1cccc(F)c1CN(CCCCNc1ccnc2cc(Cl)ccc12)Cc1ccccc1. The fourth-order valence-corrected chi connectivity index (χ4v) is 4.29. The molecule has 0 unspecified atom stereocenters. The van der Waals surface area contributed by atoms with Crippen molar-refractivity contribution in [3.05, 3.63) is 101 Å². The predicted octanol–water partition coefficient (Wildman–Crippen LogP) is 6.93. The second-order valence-corrected chi connectivity index (χ2v) is 8.71. The van der Waals surface area contributed by atoms with Crippen molar-refractivity contribution in [2.24, 2.45) is 0 Å². The number of fused-ring (bicyclic) bond motifs is 1. The van der Waals surface area contributed by atoms with Gasteiger partial charge in [0.15, 0.2) is 0 Å². The summed E-state index contributed by atoms with van der Waals surface area (Å²) in [6, 6.07) is 23.0. The summed E-state index contributed by atoms with van der Waals surface area (Å²) in [4.78, 5) is 6.68. The number of methoxy groups -OCH3 is 1. The summed E-state index contributed by atoms with van der Waals surface area (Å²) < 4.78 is 20.0. The lowest BCUT2D eigenvalue weighted by Crippen LogP contribution is -2.25. The normalized spacial score (nSPS) is 11.2. The Morgan fingerprint density at radius 1 is 0.971 bits per heavy atom. The predicted molar refractivity (Wildman–Crippen MR) is 138 cm³/mol. The maximum Gasteiger partial charge on any atom is 0.131 e.